The zero-order valence-electron chi connectivity index (χ0n) is 11.7. The van der Waals surface area contributed by atoms with Crippen molar-refractivity contribution >= 4 is 0 Å². The second-order valence-corrected chi connectivity index (χ2v) is 4.21. The second kappa shape index (κ2) is 11.0. The van der Waals surface area contributed by atoms with Gasteiger partial charge in [0, 0.05) is 0 Å². The van der Waals surface area contributed by atoms with Crippen molar-refractivity contribution < 1.29 is 14.2 Å². The van der Waals surface area contributed by atoms with Crippen molar-refractivity contribution in [2.75, 3.05) is 19.8 Å². The summed E-state index contributed by atoms with van der Waals surface area (Å²) >= 11 is 0. The minimum Gasteiger partial charge on any atom is -0.314 e. The molecule has 0 aliphatic rings. The van der Waals surface area contributed by atoms with Gasteiger partial charge in [0.25, 0.3) is 0 Å². The van der Waals surface area contributed by atoms with Crippen LogP contribution in [0.2, 0.25) is 0 Å². The molecule has 0 aromatic rings. The number of ether oxygens (including phenoxy) is 3. The van der Waals surface area contributed by atoms with Crippen LogP contribution in [0.4, 0.5) is 0 Å². The van der Waals surface area contributed by atoms with Crippen molar-refractivity contribution in [2.24, 2.45) is 5.73 Å². The third kappa shape index (κ3) is 9.53. The summed E-state index contributed by atoms with van der Waals surface area (Å²) in [4.78, 5) is 0. The van der Waals surface area contributed by atoms with Crippen molar-refractivity contribution in [1.82, 2.24) is 0 Å². The first-order valence-corrected chi connectivity index (χ1v) is 6.89. The molecule has 4 heteroatoms. The Balaban J connectivity index is 3.95. The van der Waals surface area contributed by atoms with E-state index < -0.39 is 6.10 Å². The van der Waals surface area contributed by atoms with Crippen LogP contribution in [-0.2, 0) is 14.2 Å². The Kier molecular flexibility index (Phi) is 10.9. The molecule has 0 rings (SSSR count). The van der Waals surface area contributed by atoms with Gasteiger partial charge in [-0.05, 0) is 19.3 Å². The number of unbranched alkanes of at least 4 members (excludes halogenated alkanes) is 3. The molecule has 0 aromatic heterocycles. The lowest BCUT2D eigenvalue weighted by Gasteiger charge is -2.28. The fraction of sp³-hybridized carbons (Fsp3) is 1.00. The standard InChI is InChI=1S/C13H29NO3/c1-4-7-10-15-13(14,16-11-8-5-2)17-12-9-6-3/h4-12,14H2,1-3H3. The molecule has 0 aromatic carbocycles. The third-order valence-corrected chi connectivity index (χ3v) is 2.40. The lowest BCUT2D eigenvalue weighted by atomic mass is 10.3. The predicted molar refractivity (Wildman–Crippen MR) is 69.5 cm³/mol. The molecule has 0 spiro atoms. The minimum absolute atomic E-state index is 0.575. The molecule has 0 heterocycles. The van der Waals surface area contributed by atoms with Crippen molar-refractivity contribution in [1.29, 1.82) is 0 Å². The minimum atomic E-state index is -1.35. The van der Waals surface area contributed by atoms with Gasteiger partial charge in [0.1, 0.15) is 0 Å². The first-order valence-electron chi connectivity index (χ1n) is 6.89. The zero-order chi connectivity index (χ0) is 13.0. The quantitative estimate of drug-likeness (QED) is 0.425. The normalized spacial score (nSPS) is 12.0. The van der Waals surface area contributed by atoms with Gasteiger partial charge in [-0.15, -0.1) is 0 Å². The van der Waals surface area contributed by atoms with Gasteiger partial charge in [0.05, 0.1) is 19.8 Å². The number of hydrogen-bond acceptors (Lipinski definition) is 4. The fourth-order valence-corrected chi connectivity index (χ4v) is 1.20. The Morgan fingerprint density at radius 1 is 0.706 bits per heavy atom. The highest BCUT2D eigenvalue weighted by Crippen LogP contribution is 2.11. The first kappa shape index (κ1) is 16.8. The Morgan fingerprint density at radius 3 is 1.24 bits per heavy atom. The maximum absolute atomic E-state index is 5.95. The van der Waals surface area contributed by atoms with Gasteiger partial charge < -0.3 is 14.2 Å². The van der Waals surface area contributed by atoms with Crippen LogP contribution in [-0.4, -0.2) is 25.9 Å². The molecule has 0 saturated heterocycles. The number of rotatable bonds is 12. The van der Waals surface area contributed by atoms with Crippen molar-refractivity contribution in [2.45, 2.75) is 65.4 Å². The van der Waals surface area contributed by atoms with Crippen LogP contribution in [0.3, 0.4) is 0 Å². The molecule has 0 aliphatic heterocycles. The van der Waals surface area contributed by atoms with E-state index in [0.29, 0.717) is 19.8 Å². The van der Waals surface area contributed by atoms with E-state index in [0.717, 1.165) is 38.5 Å². The van der Waals surface area contributed by atoms with Crippen molar-refractivity contribution in [3.8, 4) is 0 Å². The Labute approximate surface area is 106 Å². The Morgan fingerprint density at radius 2 is 1.00 bits per heavy atom. The van der Waals surface area contributed by atoms with E-state index in [1.165, 1.54) is 0 Å². The van der Waals surface area contributed by atoms with Gasteiger partial charge in [-0.1, -0.05) is 40.0 Å². The molecule has 17 heavy (non-hydrogen) atoms. The highest BCUT2D eigenvalue weighted by atomic mass is 16.9. The van der Waals surface area contributed by atoms with E-state index in [1.54, 1.807) is 0 Å². The van der Waals surface area contributed by atoms with E-state index >= 15 is 0 Å². The van der Waals surface area contributed by atoms with E-state index in [1.807, 2.05) is 0 Å². The zero-order valence-corrected chi connectivity index (χ0v) is 11.7. The lowest BCUT2D eigenvalue weighted by Crippen LogP contribution is -2.49. The molecule has 0 radical (unpaired) electrons. The summed E-state index contributed by atoms with van der Waals surface area (Å²) in [7, 11) is 0. The molecular weight excluding hydrogens is 218 g/mol. The van der Waals surface area contributed by atoms with Crippen LogP contribution in [0.25, 0.3) is 0 Å². The van der Waals surface area contributed by atoms with Crippen molar-refractivity contribution in [3.05, 3.63) is 0 Å². The van der Waals surface area contributed by atoms with E-state index in [4.69, 9.17) is 19.9 Å². The fourth-order valence-electron chi connectivity index (χ4n) is 1.20. The van der Waals surface area contributed by atoms with Gasteiger partial charge in [-0.25, -0.2) is 0 Å². The maximum atomic E-state index is 5.95. The van der Waals surface area contributed by atoms with Gasteiger partial charge in [0.15, 0.2) is 0 Å². The van der Waals surface area contributed by atoms with Crippen LogP contribution < -0.4 is 5.73 Å². The molecular formula is C13H29NO3. The van der Waals surface area contributed by atoms with E-state index in [2.05, 4.69) is 20.8 Å². The molecule has 0 saturated carbocycles. The van der Waals surface area contributed by atoms with E-state index in [9.17, 15) is 0 Å². The monoisotopic (exact) mass is 247 g/mol. The molecule has 0 bridgehead atoms. The molecule has 4 nitrogen and oxygen atoms in total. The second-order valence-electron chi connectivity index (χ2n) is 4.21. The van der Waals surface area contributed by atoms with Crippen LogP contribution in [0.5, 0.6) is 0 Å². The molecule has 104 valence electrons. The number of nitrogens with two attached hydrogens (primary N) is 1. The average Bonchev–Trinajstić information content (AvgIpc) is 2.30. The SMILES string of the molecule is CCCCOC(N)(OCCCC)OCCCC. The lowest BCUT2D eigenvalue weighted by molar-refractivity contribution is -0.378. The van der Waals surface area contributed by atoms with Gasteiger partial charge in [-0.2, -0.15) is 0 Å². The van der Waals surface area contributed by atoms with Crippen LogP contribution >= 0.6 is 0 Å². The van der Waals surface area contributed by atoms with Crippen LogP contribution in [0.15, 0.2) is 0 Å². The Bertz CT molecular complexity index is 138. The first-order chi connectivity index (χ1) is 8.18. The smallest absolute Gasteiger partial charge is 0.314 e. The molecule has 0 unspecified atom stereocenters. The molecule has 0 atom stereocenters. The van der Waals surface area contributed by atoms with E-state index in [-0.39, 0.29) is 0 Å². The van der Waals surface area contributed by atoms with Crippen LogP contribution in [0.1, 0.15) is 59.3 Å². The number of hydrogen-bond donors (Lipinski definition) is 1. The summed E-state index contributed by atoms with van der Waals surface area (Å²) in [6.45, 7) is 8.05. The highest BCUT2D eigenvalue weighted by molar-refractivity contribution is 4.48. The Hall–Kier alpha value is -0.160. The summed E-state index contributed by atoms with van der Waals surface area (Å²) < 4.78 is 16.5. The summed E-state index contributed by atoms with van der Waals surface area (Å²) in [6, 6.07) is 0. The maximum Gasteiger partial charge on any atom is 0.348 e. The summed E-state index contributed by atoms with van der Waals surface area (Å²) in [5.74, 6) is 0. The molecule has 0 amide bonds. The molecule has 2 N–H and O–H groups in total. The average molecular weight is 247 g/mol. The topological polar surface area (TPSA) is 53.7 Å². The summed E-state index contributed by atoms with van der Waals surface area (Å²) in [5.41, 5.74) is 5.95. The molecule has 0 fully saturated rings. The van der Waals surface area contributed by atoms with Crippen LogP contribution in [0, 0.1) is 0 Å². The van der Waals surface area contributed by atoms with Crippen molar-refractivity contribution in [3.63, 3.8) is 0 Å². The van der Waals surface area contributed by atoms with Gasteiger partial charge in [-0.3, -0.25) is 5.73 Å². The summed E-state index contributed by atoms with van der Waals surface area (Å²) in [6.07, 6.45) is 4.76. The third-order valence-electron chi connectivity index (χ3n) is 2.40. The largest absolute Gasteiger partial charge is 0.348 e. The van der Waals surface area contributed by atoms with Gasteiger partial charge in [0.2, 0.25) is 0 Å². The predicted octanol–water partition coefficient (Wildman–Crippen LogP) is 3.01. The highest BCUT2D eigenvalue weighted by Gasteiger charge is 2.27. The summed E-state index contributed by atoms with van der Waals surface area (Å²) in [5, 5.41) is 0. The van der Waals surface area contributed by atoms with Gasteiger partial charge >= 0.3 is 6.10 Å². The molecule has 0 aliphatic carbocycles.